The van der Waals surface area contributed by atoms with E-state index in [1.165, 1.54) is 0 Å². The van der Waals surface area contributed by atoms with Gasteiger partial charge in [-0.1, -0.05) is 13.3 Å². The lowest BCUT2D eigenvalue weighted by Gasteiger charge is -2.36. The summed E-state index contributed by atoms with van der Waals surface area (Å²) in [6.45, 7) is 3.92. The quantitative estimate of drug-likeness (QED) is 0.794. The maximum absolute atomic E-state index is 10.9. The second kappa shape index (κ2) is 5.30. The van der Waals surface area contributed by atoms with Crippen molar-refractivity contribution in [3.8, 4) is 0 Å². The molecular weight excluding hydrogens is 230 g/mol. The van der Waals surface area contributed by atoms with Gasteiger partial charge in [-0.2, -0.15) is 0 Å². The molecule has 6 heteroatoms. The van der Waals surface area contributed by atoms with Gasteiger partial charge in [-0.15, -0.1) is 10.2 Å². The Labute approximate surface area is 106 Å². The predicted octanol–water partition coefficient (Wildman–Crippen LogP) is 0.139. The molecule has 0 radical (unpaired) electrons. The molecule has 2 atom stereocenters. The molecule has 0 bridgehead atoms. The summed E-state index contributed by atoms with van der Waals surface area (Å²) >= 11 is 0. The molecule has 1 saturated heterocycles. The highest BCUT2D eigenvalue weighted by atomic mass is 16.1. The second-order valence-corrected chi connectivity index (χ2v) is 4.71. The summed E-state index contributed by atoms with van der Waals surface area (Å²) in [6.07, 6.45) is 2.02. The molecule has 1 aromatic rings. The number of amides is 1. The van der Waals surface area contributed by atoms with Crippen molar-refractivity contribution < 1.29 is 4.79 Å². The van der Waals surface area contributed by atoms with Gasteiger partial charge < -0.3 is 16.4 Å². The fraction of sp³-hybridized carbons (Fsp3) is 0.583. The van der Waals surface area contributed by atoms with Gasteiger partial charge >= 0.3 is 0 Å². The van der Waals surface area contributed by atoms with Crippen LogP contribution in [0.1, 0.15) is 30.3 Å². The number of piperidine rings is 1. The van der Waals surface area contributed by atoms with Crippen molar-refractivity contribution in [1.82, 2.24) is 10.2 Å². The lowest BCUT2D eigenvalue weighted by molar-refractivity contribution is 0.0994. The first-order valence-electron chi connectivity index (χ1n) is 6.26. The molecule has 2 unspecified atom stereocenters. The summed E-state index contributed by atoms with van der Waals surface area (Å²) in [4.78, 5) is 13.1. The number of hydrogen-bond donors (Lipinski definition) is 2. The van der Waals surface area contributed by atoms with E-state index in [4.69, 9.17) is 11.5 Å². The Morgan fingerprint density at radius 1 is 1.50 bits per heavy atom. The van der Waals surface area contributed by atoms with Crippen molar-refractivity contribution in [1.29, 1.82) is 0 Å². The molecule has 1 amide bonds. The Morgan fingerprint density at radius 3 is 2.83 bits per heavy atom. The first-order chi connectivity index (χ1) is 8.61. The van der Waals surface area contributed by atoms with Crippen molar-refractivity contribution in [3.05, 3.63) is 17.8 Å². The second-order valence-electron chi connectivity index (χ2n) is 4.71. The molecule has 0 aromatic carbocycles. The third-order valence-electron chi connectivity index (χ3n) is 3.54. The maximum atomic E-state index is 10.9. The fourth-order valence-corrected chi connectivity index (χ4v) is 2.32. The Morgan fingerprint density at radius 2 is 2.28 bits per heavy atom. The van der Waals surface area contributed by atoms with Gasteiger partial charge in [-0.05, 0) is 24.5 Å². The van der Waals surface area contributed by atoms with E-state index in [-0.39, 0.29) is 11.7 Å². The number of carbonyl (C=O) groups excluding carboxylic acids is 1. The van der Waals surface area contributed by atoms with Crippen LogP contribution >= 0.6 is 0 Å². The number of rotatable bonds is 3. The van der Waals surface area contributed by atoms with Crippen molar-refractivity contribution in [2.24, 2.45) is 17.4 Å². The summed E-state index contributed by atoms with van der Waals surface area (Å²) in [5.74, 6) is 0.711. The van der Waals surface area contributed by atoms with Crippen LogP contribution in [0.25, 0.3) is 0 Å². The van der Waals surface area contributed by atoms with Crippen molar-refractivity contribution in [3.63, 3.8) is 0 Å². The van der Waals surface area contributed by atoms with Crippen LogP contribution < -0.4 is 16.4 Å². The van der Waals surface area contributed by atoms with E-state index in [2.05, 4.69) is 22.0 Å². The minimum Gasteiger partial charge on any atom is -0.364 e. The smallest absolute Gasteiger partial charge is 0.269 e. The summed E-state index contributed by atoms with van der Waals surface area (Å²) in [7, 11) is 0. The van der Waals surface area contributed by atoms with E-state index in [0.717, 1.165) is 31.7 Å². The Kier molecular flexibility index (Phi) is 3.76. The van der Waals surface area contributed by atoms with Gasteiger partial charge in [0.05, 0.1) is 0 Å². The van der Waals surface area contributed by atoms with Crippen LogP contribution in [0.4, 0.5) is 5.82 Å². The molecule has 6 nitrogen and oxygen atoms in total. The Bertz CT molecular complexity index is 419. The van der Waals surface area contributed by atoms with Gasteiger partial charge in [0.1, 0.15) is 0 Å². The predicted molar refractivity (Wildman–Crippen MR) is 69.1 cm³/mol. The zero-order valence-corrected chi connectivity index (χ0v) is 10.5. The summed E-state index contributed by atoms with van der Waals surface area (Å²) in [5.41, 5.74) is 11.4. The molecule has 1 aromatic heterocycles. The molecular formula is C12H19N5O. The molecule has 2 rings (SSSR count). The van der Waals surface area contributed by atoms with E-state index in [1.807, 2.05) is 0 Å². The summed E-state index contributed by atoms with van der Waals surface area (Å²) in [5, 5.41) is 7.88. The molecule has 98 valence electrons. The highest BCUT2D eigenvalue weighted by molar-refractivity contribution is 5.90. The van der Waals surface area contributed by atoms with Crippen LogP contribution in [-0.2, 0) is 0 Å². The largest absolute Gasteiger partial charge is 0.364 e. The Balaban J connectivity index is 2.09. The fourth-order valence-electron chi connectivity index (χ4n) is 2.32. The zero-order valence-electron chi connectivity index (χ0n) is 10.5. The molecule has 1 aliphatic heterocycles. The van der Waals surface area contributed by atoms with Crippen LogP contribution in [0.5, 0.6) is 0 Å². The summed E-state index contributed by atoms with van der Waals surface area (Å²) in [6, 6.07) is 3.67. The molecule has 1 fully saturated rings. The topological polar surface area (TPSA) is 98.1 Å². The van der Waals surface area contributed by atoms with Gasteiger partial charge in [0, 0.05) is 19.1 Å². The first-order valence-corrected chi connectivity index (χ1v) is 6.26. The van der Waals surface area contributed by atoms with Crippen molar-refractivity contribution in [2.45, 2.75) is 25.8 Å². The molecule has 0 saturated carbocycles. The minimum absolute atomic E-state index is 0.194. The third kappa shape index (κ3) is 2.59. The number of anilines is 1. The highest BCUT2D eigenvalue weighted by Gasteiger charge is 2.26. The Hall–Kier alpha value is -1.69. The van der Waals surface area contributed by atoms with Gasteiger partial charge in [0.15, 0.2) is 11.5 Å². The van der Waals surface area contributed by atoms with Crippen molar-refractivity contribution in [2.75, 3.05) is 18.0 Å². The molecule has 0 spiro atoms. The molecule has 18 heavy (non-hydrogen) atoms. The first kappa shape index (κ1) is 12.8. The standard InChI is InChI=1S/C12H19N5O/c1-2-8-7-17(6-5-9(8)13)11-4-3-10(12(14)18)15-16-11/h3-4,8-9H,2,5-7,13H2,1H3,(H2,14,18). The van der Waals surface area contributed by atoms with E-state index in [1.54, 1.807) is 12.1 Å². The van der Waals surface area contributed by atoms with E-state index in [9.17, 15) is 4.79 Å². The van der Waals surface area contributed by atoms with Crippen LogP contribution in [0.2, 0.25) is 0 Å². The number of aromatic nitrogens is 2. The maximum Gasteiger partial charge on any atom is 0.269 e. The number of primary amides is 1. The highest BCUT2D eigenvalue weighted by Crippen LogP contribution is 2.22. The normalized spacial score (nSPS) is 24.0. The average Bonchev–Trinajstić information content (AvgIpc) is 2.39. The van der Waals surface area contributed by atoms with E-state index < -0.39 is 5.91 Å². The average molecular weight is 249 g/mol. The van der Waals surface area contributed by atoms with Crippen LogP contribution in [-0.4, -0.2) is 35.2 Å². The van der Waals surface area contributed by atoms with Gasteiger partial charge in [-0.25, -0.2) is 0 Å². The van der Waals surface area contributed by atoms with Crippen LogP contribution in [0, 0.1) is 5.92 Å². The van der Waals surface area contributed by atoms with E-state index >= 15 is 0 Å². The number of nitrogens with zero attached hydrogens (tertiary/aromatic N) is 3. The number of nitrogens with two attached hydrogens (primary N) is 2. The lowest BCUT2D eigenvalue weighted by atomic mass is 9.91. The van der Waals surface area contributed by atoms with E-state index in [0.29, 0.717) is 5.92 Å². The monoisotopic (exact) mass is 249 g/mol. The van der Waals surface area contributed by atoms with Crippen LogP contribution in [0.3, 0.4) is 0 Å². The van der Waals surface area contributed by atoms with Crippen molar-refractivity contribution >= 4 is 11.7 Å². The van der Waals surface area contributed by atoms with Gasteiger partial charge in [0.2, 0.25) is 0 Å². The van der Waals surface area contributed by atoms with Gasteiger partial charge in [-0.3, -0.25) is 4.79 Å². The van der Waals surface area contributed by atoms with Gasteiger partial charge in [0.25, 0.3) is 5.91 Å². The third-order valence-corrected chi connectivity index (χ3v) is 3.54. The minimum atomic E-state index is -0.554. The zero-order chi connectivity index (χ0) is 13.1. The molecule has 1 aliphatic rings. The van der Waals surface area contributed by atoms with Crippen LogP contribution in [0.15, 0.2) is 12.1 Å². The summed E-state index contributed by atoms with van der Waals surface area (Å²) < 4.78 is 0. The number of carbonyl (C=O) groups is 1. The molecule has 0 aliphatic carbocycles. The lowest BCUT2D eigenvalue weighted by Crippen LogP contribution is -2.47. The molecule has 4 N–H and O–H groups in total. The SMILES string of the molecule is CCC1CN(c2ccc(C(N)=O)nn2)CCC1N. The molecule has 2 heterocycles. The number of hydrogen-bond acceptors (Lipinski definition) is 5.